The number of hydrogen-bond acceptors (Lipinski definition) is 7. The monoisotopic (exact) mass is 549 g/mol. The van der Waals surface area contributed by atoms with Gasteiger partial charge < -0.3 is 0 Å². The fraction of sp³-hybridized carbons (Fsp3) is 0.148. The molecule has 0 aliphatic heterocycles. The fourth-order valence-electron chi connectivity index (χ4n) is 4.64. The van der Waals surface area contributed by atoms with Crippen LogP contribution in [0.3, 0.4) is 0 Å². The van der Waals surface area contributed by atoms with Crippen LogP contribution in [0.1, 0.15) is 30.2 Å². The van der Waals surface area contributed by atoms with E-state index >= 15 is 0 Å². The molecule has 0 aliphatic rings. The summed E-state index contributed by atoms with van der Waals surface area (Å²) in [6.45, 7) is 2.09. The molecule has 0 bridgehead atoms. The van der Waals surface area contributed by atoms with Crippen molar-refractivity contribution >= 4 is 68.5 Å². The topological polar surface area (TPSA) is 111 Å². The molecule has 4 heterocycles. The van der Waals surface area contributed by atoms with Gasteiger partial charge >= 0.3 is 5.76 Å². The van der Waals surface area contributed by atoms with Crippen LogP contribution in [0.25, 0.3) is 34.0 Å². The van der Waals surface area contributed by atoms with Crippen molar-refractivity contribution in [2.24, 2.45) is 0 Å². The third-order valence-corrected chi connectivity index (χ3v) is 6.99. The molecular weight excluding hydrogens is 528 g/mol. The average molecular weight is 550 g/mol. The Bertz CT molecular complexity index is 1820. The van der Waals surface area contributed by atoms with Gasteiger partial charge in [0.1, 0.15) is 6.33 Å². The molecule has 4 aromatic heterocycles. The van der Waals surface area contributed by atoms with Crippen molar-refractivity contribution in [3.63, 3.8) is 0 Å². The second kappa shape index (κ2) is 11.4. The van der Waals surface area contributed by atoms with E-state index in [9.17, 15) is 9.59 Å². The average Bonchev–Trinajstić information content (AvgIpc) is 3.70. The number of nitrogens with zero attached hydrogens (tertiary/aromatic N) is 5. The van der Waals surface area contributed by atoms with Gasteiger partial charge in [-0.2, -0.15) is 21.4 Å². The SMILES string of the molecule is CCCc1c(Cc2ccc(-c3ccccc3-c3noc(=O)[nH]3)cc2)c(=O)n(-c2ccsc2)c2ncnn12.[K]. The molecule has 0 fully saturated rings. The molecule has 0 atom stereocenters. The van der Waals surface area contributed by atoms with Gasteiger partial charge in [-0.05, 0) is 34.6 Å². The first-order chi connectivity index (χ1) is 18.1. The van der Waals surface area contributed by atoms with E-state index in [-0.39, 0.29) is 56.9 Å². The van der Waals surface area contributed by atoms with Crippen molar-refractivity contribution in [1.82, 2.24) is 29.3 Å². The van der Waals surface area contributed by atoms with Crippen molar-refractivity contribution in [2.45, 2.75) is 26.2 Å². The molecule has 11 heteroatoms. The van der Waals surface area contributed by atoms with Crippen LogP contribution < -0.4 is 11.3 Å². The number of H-pyrrole nitrogens is 1. The normalized spacial score (nSPS) is 11.1. The number of aryl methyl sites for hydroxylation is 1. The zero-order valence-corrected chi connectivity index (χ0v) is 24.9. The van der Waals surface area contributed by atoms with E-state index in [4.69, 9.17) is 4.52 Å². The Kier molecular flexibility index (Phi) is 8.03. The van der Waals surface area contributed by atoms with Crippen LogP contribution in [-0.4, -0.2) is 80.7 Å². The Morgan fingerprint density at radius 3 is 2.50 bits per heavy atom. The first-order valence-electron chi connectivity index (χ1n) is 11.9. The number of hydrogen-bond donors (Lipinski definition) is 1. The maximum atomic E-state index is 13.8. The Morgan fingerprint density at radius 2 is 1.82 bits per heavy atom. The van der Waals surface area contributed by atoms with Crippen molar-refractivity contribution in [2.75, 3.05) is 0 Å². The fourth-order valence-corrected chi connectivity index (χ4v) is 5.26. The van der Waals surface area contributed by atoms with Gasteiger partial charge in [-0.15, -0.1) is 0 Å². The zero-order chi connectivity index (χ0) is 25.4. The van der Waals surface area contributed by atoms with Gasteiger partial charge in [-0.1, -0.05) is 67.0 Å². The Morgan fingerprint density at radius 1 is 1.03 bits per heavy atom. The molecule has 1 N–H and O–H groups in total. The van der Waals surface area contributed by atoms with Gasteiger partial charge in [0.15, 0.2) is 5.82 Å². The number of benzene rings is 2. The quantitative estimate of drug-likeness (QED) is 0.300. The molecule has 0 aliphatic carbocycles. The minimum Gasteiger partial charge on any atom is -0.296 e. The van der Waals surface area contributed by atoms with Gasteiger partial charge in [-0.25, -0.2) is 13.9 Å². The molecule has 0 amide bonds. The number of aromatic amines is 1. The summed E-state index contributed by atoms with van der Waals surface area (Å²) in [4.78, 5) is 32.3. The van der Waals surface area contributed by atoms with E-state index in [0.717, 1.165) is 46.5 Å². The summed E-state index contributed by atoms with van der Waals surface area (Å²) in [6.07, 6.45) is 3.56. The summed E-state index contributed by atoms with van der Waals surface area (Å²) in [5.74, 6) is 0.304. The van der Waals surface area contributed by atoms with Crippen molar-refractivity contribution < 1.29 is 4.52 Å². The van der Waals surface area contributed by atoms with Crippen LogP contribution in [0.15, 0.2) is 85.8 Å². The van der Waals surface area contributed by atoms with Gasteiger partial charge in [0.25, 0.3) is 5.56 Å². The van der Waals surface area contributed by atoms with Crippen molar-refractivity contribution in [3.05, 3.63) is 109 Å². The maximum Gasteiger partial charge on any atom is 0.439 e. The second-order valence-corrected chi connectivity index (χ2v) is 9.41. The van der Waals surface area contributed by atoms with E-state index in [0.29, 0.717) is 23.6 Å². The first kappa shape index (κ1) is 26.7. The van der Waals surface area contributed by atoms with Crippen LogP contribution in [-0.2, 0) is 12.8 Å². The van der Waals surface area contributed by atoms with Gasteiger partial charge in [-0.3, -0.25) is 14.3 Å². The van der Waals surface area contributed by atoms with Crippen LogP contribution in [0.5, 0.6) is 0 Å². The van der Waals surface area contributed by atoms with Crippen LogP contribution >= 0.6 is 11.3 Å². The van der Waals surface area contributed by atoms with Crippen molar-refractivity contribution in [3.8, 4) is 28.2 Å². The summed E-state index contributed by atoms with van der Waals surface area (Å²) >= 11 is 1.53. The number of thiophene rings is 1. The minimum absolute atomic E-state index is 0. The second-order valence-electron chi connectivity index (χ2n) is 8.63. The largest absolute Gasteiger partial charge is 0.439 e. The Hall–Kier alpha value is -2.93. The molecule has 38 heavy (non-hydrogen) atoms. The maximum absolute atomic E-state index is 13.8. The third-order valence-electron chi connectivity index (χ3n) is 6.31. The predicted octanol–water partition coefficient (Wildman–Crippen LogP) is 4.11. The summed E-state index contributed by atoms with van der Waals surface area (Å²) in [7, 11) is 0. The molecule has 185 valence electrons. The van der Waals surface area contributed by atoms with E-state index in [2.05, 4.69) is 27.1 Å². The molecule has 9 nitrogen and oxygen atoms in total. The Balaban J connectivity index is 0.00000294. The number of fused-ring (bicyclic) bond motifs is 1. The number of rotatable bonds is 7. The van der Waals surface area contributed by atoms with E-state index in [1.54, 1.807) is 9.08 Å². The number of aromatic nitrogens is 6. The molecular formula is C27H22KN6O3S. The van der Waals surface area contributed by atoms with E-state index < -0.39 is 5.76 Å². The molecule has 0 unspecified atom stereocenters. The zero-order valence-electron chi connectivity index (χ0n) is 20.9. The summed E-state index contributed by atoms with van der Waals surface area (Å²) < 4.78 is 8.13. The molecule has 0 saturated heterocycles. The van der Waals surface area contributed by atoms with Crippen LogP contribution in [0.4, 0.5) is 0 Å². The van der Waals surface area contributed by atoms with Gasteiger partial charge in [0.2, 0.25) is 5.78 Å². The predicted molar refractivity (Wildman–Crippen MR) is 147 cm³/mol. The molecule has 0 saturated carbocycles. The first-order valence-corrected chi connectivity index (χ1v) is 12.8. The molecule has 6 rings (SSSR count). The van der Waals surface area contributed by atoms with E-state index in [1.165, 1.54) is 17.7 Å². The third kappa shape index (κ3) is 4.93. The standard InChI is InChI=1S/C27H22N6O3S.K/c1-2-5-23-22(25(34)32(19-12-13-37-15-19)26-28-16-29-33(23)26)14-17-8-10-18(11-9-17)20-6-3-4-7-21(20)24-30-27(35)36-31-24;/h3-4,6-13,15-16H,2,5,14H2,1H3,(H,30,31,35);. The molecule has 0 spiro atoms. The molecule has 1 radical (unpaired) electrons. The van der Waals surface area contributed by atoms with E-state index in [1.807, 2.05) is 65.4 Å². The van der Waals surface area contributed by atoms with Gasteiger partial charge in [0.05, 0.1) is 11.4 Å². The van der Waals surface area contributed by atoms with Crippen LogP contribution in [0, 0.1) is 0 Å². The van der Waals surface area contributed by atoms with Crippen LogP contribution in [0.2, 0.25) is 0 Å². The molecule has 6 aromatic rings. The Labute approximate surface area is 263 Å². The van der Waals surface area contributed by atoms with Crippen molar-refractivity contribution in [1.29, 1.82) is 0 Å². The number of nitrogens with one attached hydrogen (secondary N) is 1. The minimum atomic E-state index is -0.597. The molecule has 2 aromatic carbocycles. The van der Waals surface area contributed by atoms with Gasteiger partial charge in [0, 0.05) is 74.3 Å². The summed E-state index contributed by atoms with van der Waals surface area (Å²) in [6, 6.07) is 17.6. The summed E-state index contributed by atoms with van der Waals surface area (Å²) in [5, 5.41) is 12.2. The summed E-state index contributed by atoms with van der Waals surface area (Å²) in [5.41, 5.74) is 5.94. The smallest absolute Gasteiger partial charge is 0.296 e.